The lowest BCUT2D eigenvalue weighted by molar-refractivity contribution is -0.116. The van der Waals surface area contributed by atoms with Crippen molar-refractivity contribution >= 4 is 33.6 Å². The van der Waals surface area contributed by atoms with E-state index in [-0.39, 0.29) is 33.3 Å². The van der Waals surface area contributed by atoms with E-state index in [1.807, 2.05) is 30.3 Å². The Balaban J connectivity index is 1.34. The highest BCUT2D eigenvalue weighted by Gasteiger charge is 2.45. The summed E-state index contributed by atoms with van der Waals surface area (Å²) in [5.74, 6) is -0.143. The molecule has 0 aliphatic carbocycles. The number of carbonyl (C=O) groups is 2. The highest BCUT2D eigenvalue weighted by molar-refractivity contribution is 8.00. The second-order valence-electron chi connectivity index (χ2n) is 8.68. The number of thioether (sulfide) groups is 1. The van der Waals surface area contributed by atoms with Crippen molar-refractivity contribution in [3.63, 3.8) is 0 Å². The largest absolute Gasteiger partial charge is 0.341 e. The van der Waals surface area contributed by atoms with E-state index < -0.39 is 10.0 Å². The van der Waals surface area contributed by atoms with Crippen molar-refractivity contribution in [2.24, 2.45) is 5.92 Å². The first kappa shape index (κ1) is 24.5. The van der Waals surface area contributed by atoms with Gasteiger partial charge < -0.3 is 10.2 Å². The van der Waals surface area contributed by atoms with Crippen LogP contribution in [0.4, 0.5) is 0 Å². The van der Waals surface area contributed by atoms with E-state index >= 15 is 0 Å². The van der Waals surface area contributed by atoms with Crippen LogP contribution in [0.25, 0.3) is 0 Å². The van der Waals surface area contributed by atoms with Gasteiger partial charge in [-0.15, -0.1) is 11.8 Å². The van der Waals surface area contributed by atoms with Crippen LogP contribution < -0.4 is 5.32 Å². The van der Waals surface area contributed by atoms with Crippen LogP contribution in [0.3, 0.4) is 0 Å². The molecular formula is C25H29N3O4S2. The molecule has 2 aromatic carbocycles. The predicted molar refractivity (Wildman–Crippen MR) is 134 cm³/mol. The van der Waals surface area contributed by atoms with Gasteiger partial charge in [-0.1, -0.05) is 36.9 Å². The fourth-order valence-electron chi connectivity index (χ4n) is 4.41. The van der Waals surface area contributed by atoms with E-state index in [1.165, 1.54) is 22.5 Å². The zero-order valence-corrected chi connectivity index (χ0v) is 20.7. The number of fused-ring (bicyclic) bond motifs is 1. The minimum absolute atomic E-state index is 0.00506. The van der Waals surface area contributed by atoms with Crippen LogP contribution in [-0.4, -0.2) is 66.7 Å². The van der Waals surface area contributed by atoms with Crippen molar-refractivity contribution in [2.75, 3.05) is 26.7 Å². The number of benzene rings is 2. The summed E-state index contributed by atoms with van der Waals surface area (Å²) in [5.41, 5.74) is 1.62. The summed E-state index contributed by atoms with van der Waals surface area (Å²) in [4.78, 5) is 26.2. The van der Waals surface area contributed by atoms with E-state index in [0.29, 0.717) is 25.2 Å². The number of nitrogens with one attached hydrogen (secondary N) is 1. The third kappa shape index (κ3) is 5.37. The van der Waals surface area contributed by atoms with Gasteiger partial charge in [0.05, 0.1) is 10.3 Å². The minimum atomic E-state index is -3.64. The molecular weight excluding hydrogens is 470 g/mol. The number of likely N-dealkylation sites (N-methyl/N-ethyl adjacent to an activating group) is 1. The molecule has 2 amide bonds. The molecule has 0 bridgehead atoms. The Morgan fingerprint density at radius 3 is 2.50 bits per heavy atom. The number of amides is 2. The summed E-state index contributed by atoms with van der Waals surface area (Å²) in [6, 6.07) is 16.2. The lowest BCUT2D eigenvalue weighted by atomic mass is 10.1. The second-order valence-corrected chi connectivity index (χ2v) is 12.1. The van der Waals surface area contributed by atoms with Gasteiger partial charge in [-0.05, 0) is 54.7 Å². The molecule has 1 N–H and O–H groups in total. The summed E-state index contributed by atoms with van der Waals surface area (Å²) < 4.78 is 27.9. The van der Waals surface area contributed by atoms with E-state index in [1.54, 1.807) is 35.8 Å². The average Bonchev–Trinajstić information content (AvgIpc) is 3.42. The molecule has 4 rings (SSSR count). The maximum Gasteiger partial charge on any atom is 0.253 e. The fraction of sp³-hybridized carbons (Fsp3) is 0.360. The SMILES string of the molecule is C=CC(=O)NC1CC2CN(S(=O)(=O)c3ccc(C(=O)N(C)CCc4ccccc4)cc3)CC2S1. The minimum Gasteiger partial charge on any atom is -0.341 e. The van der Waals surface area contributed by atoms with E-state index in [2.05, 4.69) is 11.9 Å². The topological polar surface area (TPSA) is 86.8 Å². The third-order valence-corrected chi connectivity index (χ3v) is 9.72. The zero-order chi connectivity index (χ0) is 24.3. The highest BCUT2D eigenvalue weighted by atomic mass is 32.2. The van der Waals surface area contributed by atoms with Crippen molar-refractivity contribution in [3.8, 4) is 0 Å². The van der Waals surface area contributed by atoms with Crippen LogP contribution in [0, 0.1) is 5.92 Å². The average molecular weight is 500 g/mol. The molecule has 2 aliphatic rings. The van der Waals surface area contributed by atoms with Crippen LogP contribution in [0.1, 0.15) is 22.3 Å². The Kier molecular flexibility index (Phi) is 7.45. The molecule has 2 heterocycles. The van der Waals surface area contributed by atoms with Gasteiger partial charge in [0.15, 0.2) is 0 Å². The molecule has 9 heteroatoms. The van der Waals surface area contributed by atoms with Crippen molar-refractivity contribution < 1.29 is 18.0 Å². The predicted octanol–water partition coefficient (Wildman–Crippen LogP) is 2.76. The number of rotatable bonds is 8. The highest BCUT2D eigenvalue weighted by Crippen LogP contribution is 2.43. The maximum absolute atomic E-state index is 13.2. The van der Waals surface area contributed by atoms with Crippen LogP contribution in [0.2, 0.25) is 0 Å². The van der Waals surface area contributed by atoms with E-state index in [0.717, 1.165) is 18.4 Å². The molecule has 2 aliphatic heterocycles. The van der Waals surface area contributed by atoms with Gasteiger partial charge in [-0.2, -0.15) is 4.31 Å². The lowest BCUT2D eigenvalue weighted by Gasteiger charge is -2.20. The first-order valence-corrected chi connectivity index (χ1v) is 13.6. The zero-order valence-electron chi connectivity index (χ0n) is 19.1. The standard InChI is InChI=1S/C25H29N3O4S2/c1-3-23(29)26-24-15-20-16-28(17-22(20)33-24)34(31,32)21-11-9-19(10-12-21)25(30)27(2)14-13-18-7-5-4-6-8-18/h3-12,20,22,24H,1,13-17H2,2H3,(H,26,29). The number of hydrogen-bond donors (Lipinski definition) is 1. The molecule has 0 saturated carbocycles. The third-order valence-electron chi connectivity index (χ3n) is 6.36. The maximum atomic E-state index is 13.2. The summed E-state index contributed by atoms with van der Waals surface area (Å²) in [6.07, 6.45) is 2.74. The normalized spacial score (nSPS) is 22.2. The molecule has 3 atom stereocenters. The van der Waals surface area contributed by atoms with Gasteiger partial charge in [0.25, 0.3) is 5.91 Å². The molecule has 2 aromatic rings. The Hall–Kier alpha value is -2.62. The molecule has 0 radical (unpaired) electrons. The molecule has 0 aromatic heterocycles. The summed E-state index contributed by atoms with van der Waals surface area (Å²) in [7, 11) is -1.89. The fourth-order valence-corrected chi connectivity index (χ4v) is 7.68. The van der Waals surface area contributed by atoms with Crippen LogP contribution >= 0.6 is 11.8 Å². The van der Waals surface area contributed by atoms with Crippen molar-refractivity contribution in [1.82, 2.24) is 14.5 Å². The van der Waals surface area contributed by atoms with Crippen molar-refractivity contribution in [3.05, 3.63) is 78.4 Å². The Morgan fingerprint density at radius 1 is 1.15 bits per heavy atom. The molecule has 2 fully saturated rings. The molecule has 7 nitrogen and oxygen atoms in total. The monoisotopic (exact) mass is 499 g/mol. The van der Waals surface area contributed by atoms with Crippen molar-refractivity contribution in [1.29, 1.82) is 0 Å². The Bertz CT molecular complexity index is 1140. The Morgan fingerprint density at radius 2 is 1.85 bits per heavy atom. The number of carbonyl (C=O) groups excluding carboxylic acids is 2. The molecule has 180 valence electrons. The molecule has 34 heavy (non-hydrogen) atoms. The van der Waals surface area contributed by atoms with Gasteiger partial charge in [0.1, 0.15) is 0 Å². The summed E-state index contributed by atoms with van der Waals surface area (Å²) in [5, 5.41) is 3.04. The van der Waals surface area contributed by atoms with Gasteiger partial charge in [-0.25, -0.2) is 8.42 Å². The number of hydrogen-bond acceptors (Lipinski definition) is 5. The lowest BCUT2D eigenvalue weighted by Crippen LogP contribution is -2.33. The van der Waals surface area contributed by atoms with Crippen molar-refractivity contribution in [2.45, 2.75) is 28.4 Å². The quantitative estimate of drug-likeness (QED) is 0.565. The smallest absolute Gasteiger partial charge is 0.253 e. The van der Waals surface area contributed by atoms with Crippen LogP contribution in [-0.2, 0) is 21.2 Å². The van der Waals surface area contributed by atoms with Gasteiger partial charge in [-0.3, -0.25) is 9.59 Å². The van der Waals surface area contributed by atoms with Gasteiger partial charge in [0.2, 0.25) is 15.9 Å². The molecule has 3 unspecified atom stereocenters. The summed E-state index contributed by atoms with van der Waals surface area (Å²) in [6.45, 7) is 4.89. The van der Waals surface area contributed by atoms with Crippen LogP contribution in [0.15, 0.2) is 72.1 Å². The molecule has 0 spiro atoms. The second kappa shape index (κ2) is 10.3. The first-order chi connectivity index (χ1) is 16.3. The van der Waals surface area contributed by atoms with E-state index in [9.17, 15) is 18.0 Å². The van der Waals surface area contributed by atoms with Gasteiger partial charge in [0, 0.05) is 37.5 Å². The first-order valence-electron chi connectivity index (χ1n) is 11.3. The number of nitrogens with zero attached hydrogens (tertiary/aromatic N) is 2. The van der Waals surface area contributed by atoms with Crippen LogP contribution in [0.5, 0.6) is 0 Å². The van der Waals surface area contributed by atoms with E-state index in [4.69, 9.17) is 0 Å². The molecule has 2 saturated heterocycles. The Labute approximate surface area is 205 Å². The summed E-state index contributed by atoms with van der Waals surface area (Å²) >= 11 is 1.62. The number of sulfonamides is 1. The van der Waals surface area contributed by atoms with Gasteiger partial charge >= 0.3 is 0 Å².